The van der Waals surface area contributed by atoms with Crippen molar-refractivity contribution in [3.8, 4) is 11.4 Å². The first kappa shape index (κ1) is 17.0. The van der Waals surface area contributed by atoms with E-state index in [0.29, 0.717) is 24.7 Å². The molecular formula is C20H19N5O2. The molecule has 0 unspecified atom stereocenters. The zero-order valence-electron chi connectivity index (χ0n) is 14.9. The van der Waals surface area contributed by atoms with Gasteiger partial charge in [0.25, 0.3) is 0 Å². The van der Waals surface area contributed by atoms with E-state index in [9.17, 15) is 4.79 Å². The van der Waals surface area contributed by atoms with Crippen molar-refractivity contribution in [2.45, 2.75) is 26.3 Å². The second-order valence-corrected chi connectivity index (χ2v) is 6.36. The number of carbonyl (C=O) groups excluding carboxylic acids is 1. The van der Waals surface area contributed by atoms with Crippen LogP contribution in [0.5, 0.6) is 0 Å². The minimum atomic E-state index is -0.0921. The first-order valence-electron chi connectivity index (χ1n) is 8.77. The van der Waals surface area contributed by atoms with Gasteiger partial charge in [-0.05, 0) is 19.1 Å². The number of H-pyrrole nitrogens is 1. The number of imidazole rings is 1. The Morgan fingerprint density at radius 2 is 1.93 bits per heavy atom. The molecule has 0 saturated heterocycles. The van der Waals surface area contributed by atoms with Crippen molar-refractivity contribution in [2.24, 2.45) is 0 Å². The Labute approximate surface area is 155 Å². The number of hydrogen-bond donors (Lipinski definition) is 2. The molecule has 7 heteroatoms. The molecule has 2 aromatic carbocycles. The summed E-state index contributed by atoms with van der Waals surface area (Å²) >= 11 is 0. The average Bonchev–Trinajstić information content (AvgIpc) is 3.32. The smallest absolute Gasteiger partial charge is 0.227 e. The first-order valence-corrected chi connectivity index (χ1v) is 8.77. The van der Waals surface area contributed by atoms with Gasteiger partial charge in [-0.15, -0.1) is 0 Å². The van der Waals surface area contributed by atoms with Crippen LogP contribution in [0.3, 0.4) is 0 Å². The van der Waals surface area contributed by atoms with E-state index in [1.807, 2.05) is 55.5 Å². The second kappa shape index (κ2) is 7.41. The van der Waals surface area contributed by atoms with Crippen LogP contribution in [-0.4, -0.2) is 26.0 Å². The fourth-order valence-electron chi connectivity index (χ4n) is 2.76. The van der Waals surface area contributed by atoms with Gasteiger partial charge in [0.1, 0.15) is 5.82 Å². The summed E-state index contributed by atoms with van der Waals surface area (Å²) in [5.41, 5.74) is 3.90. The summed E-state index contributed by atoms with van der Waals surface area (Å²) in [5.74, 6) is 1.62. The second-order valence-electron chi connectivity index (χ2n) is 6.36. The van der Waals surface area contributed by atoms with E-state index in [-0.39, 0.29) is 12.3 Å². The lowest BCUT2D eigenvalue weighted by molar-refractivity contribution is -0.121. The first-order chi connectivity index (χ1) is 13.2. The minimum Gasteiger partial charge on any atom is -0.349 e. The molecule has 4 aromatic rings. The highest BCUT2D eigenvalue weighted by Gasteiger charge is 2.11. The zero-order chi connectivity index (χ0) is 18.6. The van der Waals surface area contributed by atoms with Crippen molar-refractivity contribution in [1.82, 2.24) is 25.4 Å². The van der Waals surface area contributed by atoms with Crippen molar-refractivity contribution in [1.29, 1.82) is 0 Å². The van der Waals surface area contributed by atoms with E-state index >= 15 is 0 Å². The Morgan fingerprint density at radius 1 is 1.11 bits per heavy atom. The summed E-state index contributed by atoms with van der Waals surface area (Å²) in [6.45, 7) is 2.38. The number of aromatic nitrogens is 4. The van der Waals surface area contributed by atoms with Gasteiger partial charge in [0, 0.05) is 18.4 Å². The maximum absolute atomic E-state index is 12.1. The van der Waals surface area contributed by atoms with Gasteiger partial charge >= 0.3 is 0 Å². The third-order valence-corrected chi connectivity index (χ3v) is 4.24. The van der Waals surface area contributed by atoms with Crippen LogP contribution >= 0.6 is 0 Å². The van der Waals surface area contributed by atoms with E-state index in [1.54, 1.807) is 0 Å². The molecule has 0 aliphatic heterocycles. The fourth-order valence-corrected chi connectivity index (χ4v) is 2.76. The highest BCUT2D eigenvalue weighted by molar-refractivity contribution is 5.77. The summed E-state index contributed by atoms with van der Waals surface area (Å²) in [7, 11) is 0. The maximum Gasteiger partial charge on any atom is 0.227 e. The topological polar surface area (TPSA) is 96.7 Å². The van der Waals surface area contributed by atoms with Gasteiger partial charge in [-0.25, -0.2) is 4.98 Å². The van der Waals surface area contributed by atoms with Crippen molar-refractivity contribution >= 4 is 16.9 Å². The molecule has 7 nitrogen and oxygen atoms in total. The van der Waals surface area contributed by atoms with Gasteiger partial charge in [0.2, 0.25) is 17.6 Å². The van der Waals surface area contributed by atoms with Crippen LogP contribution in [-0.2, 0) is 17.8 Å². The third kappa shape index (κ3) is 4.03. The summed E-state index contributed by atoms with van der Waals surface area (Å²) in [5, 5.41) is 6.83. The highest BCUT2D eigenvalue weighted by Crippen LogP contribution is 2.16. The van der Waals surface area contributed by atoms with Crippen LogP contribution in [0.2, 0.25) is 0 Å². The molecule has 2 heterocycles. The van der Waals surface area contributed by atoms with E-state index < -0.39 is 0 Å². The number of carbonyl (C=O) groups is 1. The summed E-state index contributed by atoms with van der Waals surface area (Å²) < 4.78 is 5.24. The number of hydrogen-bond acceptors (Lipinski definition) is 5. The molecule has 0 aliphatic carbocycles. The molecule has 0 aliphatic rings. The van der Waals surface area contributed by atoms with Gasteiger partial charge in [-0.3, -0.25) is 4.79 Å². The van der Waals surface area contributed by atoms with E-state index in [0.717, 1.165) is 22.4 Å². The molecular weight excluding hydrogens is 342 g/mol. The van der Waals surface area contributed by atoms with Crippen molar-refractivity contribution in [3.63, 3.8) is 0 Å². The number of rotatable bonds is 6. The van der Waals surface area contributed by atoms with Crippen molar-refractivity contribution in [3.05, 3.63) is 65.8 Å². The molecule has 0 fully saturated rings. The number of fused-ring (bicyclic) bond motifs is 1. The van der Waals surface area contributed by atoms with Crippen molar-refractivity contribution in [2.75, 3.05) is 0 Å². The van der Waals surface area contributed by atoms with Crippen LogP contribution in [0, 0.1) is 6.92 Å². The maximum atomic E-state index is 12.1. The number of aromatic amines is 1. The van der Waals surface area contributed by atoms with Crippen molar-refractivity contribution < 1.29 is 9.32 Å². The molecule has 0 radical (unpaired) electrons. The monoisotopic (exact) mass is 361 g/mol. The molecule has 136 valence electrons. The molecule has 4 rings (SSSR count). The van der Waals surface area contributed by atoms with E-state index in [4.69, 9.17) is 4.52 Å². The van der Waals surface area contributed by atoms with Gasteiger partial charge < -0.3 is 14.8 Å². The SMILES string of the molecule is Cc1ccc(-c2noc(CCC(=O)NCc3nc4ccccc4[nH]3)n2)cc1. The largest absolute Gasteiger partial charge is 0.349 e. The van der Waals surface area contributed by atoms with Crippen LogP contribution in [0.1, 0.15) is 23.7 Å². The number of nitrogens with zero attached hydrogens (tertiary/aromatic N) is 3. The Balaban J connectivity index is 1.29. The Bertz CT molecular complexity index is 1030. The summed E-state index contributed by atoms with van der Waals surface area (Å²) in [4.78, 5) is 24.0. The van der Waals surface area contributed by atoms with Crippen LogP contribution in [0.4, 0.5) is 0 Å². The highest BCUT2D eigenvalue weighted by atomic mass is 16.5. The predicted molar refractivity (Wildman–Crippen MR) is 101 cm³/mol. The number of nitrogens with one attached hydrogen (secondary N) is 2. The normalized spacial score (nSPS) is 11.0. The minimum absolute atomic E-state index is 0.0921. The molecule has 0 spiro atoms. The summed E-state index contributed by atoms with van der Waals surface area (Å²) in [6.07, 6.45) is 0.667. The Morgan fingerprint density at radius 3 is 2.74 bits per heavy atom. The lowest BCUT2D eigenvalue weighted by Gasteiger charge is -2.01. The van der Waals surface area contributed by atoms with Crippen LogP contribution in [0.25, 0.3) is 22.4 Å². The Hall–Kier alpha value is -3.48. The molecule has 0 saturated carbocycles. The van der Waals surface area contributed by atoms with E-state index in [1.165, 1.54) is 5.56 Å². The zero-order valence-corrected chi connectivity index (χ0v) is 14.9. The van der Waals surface area contributed by atoms with Crippen LogP contribution in [0.15, 0.2) is 53.1 Å². The number of aryl methyl sites for hydroxylation is 2. The third-order valence-electron chi connectivity index (χ3n) is 4.24. The fraction of sp³-hybridized carbons (Fsp3) is 0.200. The predicted octanol–water partition coefficient (Wildman–Crippen LogP) is 3.17. The quantitative estimate of drug-likeness (QED) is 0.550. The van der Waals surface area contributed by atoms with Gasteiger partial charge in [-0.2, -0.15) is 4.98 Å². The molecule has 0 atom stereocenters. The molecule has 1 amide bonds. The van der Waals surface area contributed by atoms with Crippen LogP contribution < -0.4 is 5.32 Å². The molecule has 0 bridgehead atoms. The number of amides is 1. The average molecular weight is 361 g/mol. The number of benzene rings is 2. The lowest BCUT2D eigenvalue weighted by Crippen LogP contribution is -2.23. The molecule has 27 heavy (non-hydrogen) atoms. The van der Waals surface area contributed by atoms with E-state index in [2.05, 4.69) is 25.4 Å². The number of para-hydroxylation sites is 2. The molecule has 2 aromatic heterocycles. The Kier molecular flexibility index (Phi) is 4.65. The van der Waals surface area contributed by atoms with Gasteiger partial charge in [0.05, 0.1) is 17.6 Å². The van der Waals surface area contributed by atoms with Gasteiger partial charge in [-0.1, -0.05) is 47.1 Å². The van der Waals surface area contributed by atoms with Gasteiger partial charge in [0.15, 0.2) is 0 Å². The standard InChI is InChI=1S/C20H19N5O2/c1-13-6-8-14(9-7-13)20-24-19(27-25-20)11-10-18(26)21-12-17-22-15-4-2-3-5-16(15)23-17/h2-9H,10-12H2,1H3,(H,21,26)(H,22,23). The summed E-state index contributed by atoms with van der Waals surface area (Å²) in [6, 6.07) is 15.6. The molecule has 2 N–H and O–H groups in total. The lowest BCUT2D eigenvalue weighted by atomic mass is 10.1.